The SMILES string of the molecule is Cn1cncc1C1CCCC1O. The minimum absolute atomic E-state index is 0.152. The van der Waals surface area contributed by atoms with Crippen LogP contribution < -0.4 is 0 Å². The standard InChI is InChI=1S/C9H14N2O/c1-11-6-10-5-8(11)7-3-2-4-9(7)12/h5-7,9,12H,2-4H2,1H3. The van der Waals surface area contributed by atoms with E-state index >= 15 is 0 Å². The molecule has 1 aromatic heterocycles. The molecule has 12 heavy (non-hydrogen) atoms. The second-order valence-corrected chi connectivity index (χ2v) is 3.53. The summed E-state index contributed by atoms with van der Waals surface area (Å²) in [4.78, 5) is 4.05. The summed E-state index contributed by atoms with van der Waals surface area (Å²) in [7, 11) is 1.98. The second kappa shape index (κ2) is 2.90. The van der Waals surface area contributed by atoms with Gasteiger partial charge >= 0.3 is 0 Å². The smallest absolute Gasteiger partial charge is 0.0945 e. The fraction of sp³-hybridized carbons (Fsp3) is 0.667. The molecule has 2 unspecified atom stereocenters. The van der Waals surface area contributed by atoms with Gasteiger partial charge in [-0.15, -0.1) is 0 Å². The zero-order valence-corrected chi connectivity index (χ0v) is 7.27. The first-order chi connectivity index (χ1) is 5.79. The van der Waals surface area contributed by atoms with Crippen LogP contribution in [0.25, 0.3) is 0 Å². The van der Waals surface area contributed by atoms with E-state index in [0.29, 0.717) is 5.92 Å². The topological polar surface area (TPSA) is 38.0 Å². The van der Waals surface area contributed by atoms with Gasteiger partial charge < -0.3 is 9.67 Å². The summed E-state index contributed by atoms with van der Waals surface area (Å²) in [6.07, 6.45) is 6.67. The van der Waals surface area contributed by atoms with Gasteiger partial charge in [0.1, 0.15) is 0 Å². The van der Waals surface area contributed by atoms with E-state index in [1.807, 2.05) is 17.8 Å². The fourth-order valence-corrected chi connectivity index (χ4v) is 2.01. The van der Waals surface area contributed by atoms with Gasteiger partial charge in [0, 0.05) is 24.9 Å². The van der Waals surface area contributed by atoms with Crippen molar-refractivity contribution in [3.8, 4) is 0 Å². The normalized spacial score (nSPS) is 29.5. The lowest BCUT2D eigenvalue weighted by molar-refractivity contribution is 0.161. The van der Waals surface area contributed by atoms with Gasteiger partial charge in [-0.2, -0.15) is 0 Å². The molecule has 3 nitrogen and oxygen atoms in total. The number of imidazole rings is 1. The van der Waals surface area contributed by atoms with Crippen molar-refractivity contribution in [3.63, 3.8) is 0 Å². The Bertz CT molecular complexity index is 269. The Kier molecular flexibility index (Phi) is 1.89. The third kappa shape index (κ3) is 1.14. The highest BCUT2D eigenvalue weighted by atomic mass is 16.3. The monoisotopic (exact) mass is 166 g/mol. The quantitative estimate of drug-likeness (QED) is 0.677. The first-order valence-electron chi connectivity index (χ1n) is 4.43. The molecule has 1 saturated carbocycles. The number of aliphatic hydroxyl groups is 1. The second-order valence-electron chi connectivity index (χ2n) is 3.53. The molecule has 0 bridgehead atoms. The molecule has 0 spiro atoms. The maximum Gasteiger partial charge on any atom is 0.0945 e. The predicted molar refractivity (Wildman–Crippen MR) is 45.8 cm³/mol. The third-order valence-electron chi connectivity index (χ3n) is 2.71. The van der Waals surface area contributed by atoms with Crippen molar-refractivity contribution in [1.82, 2.24) is 9.55 Å². The van der Waals surface area contributed by atoms with E-state index in [-0.39, 0.29) is 6.10 Å². The summed E-state index contributed by atoms with van der Waals surface area (Å²) >= 11 is 0. The highest BCUT2D eigenvalue weighted by molar-refractivity contribution is 5.10. The lowest BCUT2D eigenvalue weighted by atomic mass is 10.0. The summed E-state index contributed by atoms with van der Waals surface area (Å²) in [5.74, 6) is 0.317. The highest BCUT2D eigenvalue weighted by Gasteiger charge is 2.28. The summed E-state index contributed by atoms with van der Waals surface area (Å²) in [5, 5.41) is 9.64. The van der Waals surface area contributed by atoms with E-state index in [0.717, 1.165) is 19.3 Å². The molecule has 1 heterocycles. The van der Waals surface area contributed by atoms with Gasteiger partial charge in [0.05, 0.1) is 12.4 Å². The molecule has 2 atom stereocenters. The number of aromatic nitrogens is 2. The van der Waals surface area contributed by atoms with Gasteiger partial charge in [-0.05, 0) is 12.8 Å². The van der Waals surface area contributed by atoms with Gasteiger partial charge in [-0.25, -0.2) is 4.98 Å². The number of hydrogen-bond acceptors (Lipinski definition) is 2. The molecule has 0 amide bonds. The van der Waals surface area contributed by atoms with Crippen molar-refractivity contribution in [1.29, 1.82) is 0 Å². The Morgan fingerprint density at radius 2 is 2.42 bits per heavy atom. The first-order valence-corrected chi connectivity index (χ1v) is 4.43. The van der Waals surface area contributed by atoms with Crippen LogP contribution in [0.2, 0.25) is 0 Å². The highest BCUT2D eigenvalue weighted by Crippen LogP contribution is 2.33. The number of nitrogens with zero attached hydrogens (tertiary/aromatic N) is 2. The van der Waals surface area contributed by atoms with E-state index in [1.54, 1.807) is 6.33 Å². The molecule has 1 aliphatic rings. The zero-order valence-electron chi connectivity index (χ0n) is 7.27. The van der Waals surface area contributed by atoms with E-state index in [9.17, 15) is 5.11 Å². The Morgan fingerprint density at radius 3 is 2.92 bits per heavy atom. The molecule has 1 aromatic rings. The van der Waals surface area contributed by atoms with Crippen LogP contribution in [0.1, 0.15) is 30.9 Å². The fourth-order valence-electron chi connectivity index (χ4n) is 2.01. The van der Waals surface area contributed by atoms with Gasteiger partial charge in [0.2, 0.25) is 0 Å². The maximum atomic E-state index is 9.64. The number of hydrogen-bond donors (Lipinski definition) is 1. The molecule has 2 rings (SSSR count). The Labute approximate surface area is 72.0 Å². The van der Waals surface area contributed by atoms with Gasteiger partial charge in [-0.1, -0.05) is 6.42 Å². The zero-order chi connectivity index (χ0) is 8.55. The van der Waals surface area contributed by atoms with Crippen LogP contribution in [0.4, 0.5) is 0 Å². The molecular formula is C9H14N2O. The van der Waals surface area contributed by atoms with Crippen molar-refractivity contribution in [2.24, 2.45) is 7.05 Å². The Balaban J connectivity index is 2.24. The van der Waals surface area contributed by atoms with Crippen molar-refractivity contribution < 1.29 is 5.11 Å². The molecule has 1 aliphatic carbocycles. The van der Waals surface area contributed by atoms with Crippen LogP contribution in [0.5, 0.6) is 0 Å². The lowest BCUT2D eigenvalue weighted by Gasteiger charge is -2.14. The molecule has 1 fully saturated rings. The number of aryl methyl sites for hydroxylation is 1. The Hall–Kier alpha value is -0.830. The molecule has 0 aliphatic heterocycles. The van der Waals surface area contributed by atoms with Gasteiger partial charge in [0.15, 0.2) is 0 Å². The number of rotatable bonds is 1. The van der Waals surface area contributed by atoms with Crippen LogP contribution in [-0.4, -0.2) is 20.8 Å². The molecular weight excluding hydrogens is 152 g/mol. The van der Waals surface area contributed by atoms with Crippen LogP contribution >= 0.6 is 0 Å². The summed E-state index contributed by atoms with van der Waals surface area (Å²) in [6.45, 7) is 0. The summed E-state index contributed by atoms with van der Waals surface area (Å²) in [6, 6.07) is 0. The average molecular weight is 166 g/mol. The van der Waals surface area contributed by atoms with E-state index in [2.05, 4.69) is 4.98 Å². The molecule has 66 valence electrons. The van der Waals surface area contributed by atoms with Crippen molar-refractivity contribution in [2.75, 3.05) is 0 Å². The minimum atomic E-state index is -0.152. The maximum absolute atomic E-state index is 9.64. The van der Waals surface area contributed by atoms with Crippen LogP contribution in [0.3, 0.4) is 0 Å². The summed E-state index contributed by atoms with van der Waals surface area (Å²) < 4.78 is 2.00. The Morgan fingerprint density at radius 1 is 1.58 bits per heavy atom. The van der Waals surface area contributed by atoms with Gasteiger partial charge in [0.25, 0.3) is 0 Å². The van der Waals surface area contributed by atoms with Crippen molar-refractivity contribution in [3.05, 3.63) is 18.2 Å². The van der Waals surface area contributed by atoms with E-state index < -0.39 is 0 Å². The predicted octanol–water partition coefficient (Wildman–Crippen LogP) is 1.05. The van der Waals surface area contributed by atoms with Crippen molar-refractivity contribution >= 4 is 0 Å². The summed E-state index contributed by atoms with van der Waals surface area (Å²) in [5.41, 5.74) is 1.17. The average Bonchev–Trinajstić information content (AvgIpc) is 2.59. The molecule has 3 heteroatoms. The van der Waals surface area contributed by atoms with Crippen LogP contribution in [0.15, 0.2) is 12.5 Å². The third-order valence-corrected chi connectivity index (χ3v) is 2.71. The van der Waals surface area contributed by atoms with Crippen molar-refractivity contribution in [2.45, 2.75) is 31.3 Å². The largest absolute Gasteiger partial charge is 0.392 e. The molecule has 0 aromatic carbocycles. The van der Waals surface area contributed by atoms with E-state index in [4.69, 9.17) is 0 Å². The van der Waals surface area contributed by atoms with E-state index in [1.165, 1.54) is 5.69 Å². The first kappa shape index (κ1) is 7.80. The van der Waals surface area contributed by atoms with Crippen LogP contribution in [0, 0.1) is 0 Å². The minimum Gasteiger partial charge on any atom is -0.392 e. The van der Waals surface area contributed by atoms with Crippen LogP contribution in [-0.2, 0) is 7.05 Å². The number of aliphatic hydroxyl groups excluding tert-OH is 1. The van der Waals surface area contributed by atoms with Gasteiger partial charge in [-0.3, -0.25) is 0 Å². The molecule has 0 saturated heterocycles. The lowest BCUT2D eigenvalue weighted by Crippen LogP contribution is -2.13. The molecule has 1 N–H and O–H groups in total. The molecule has 0 radical (unpaired) electrons.